The van der Waals surface area contributed by atoms with Gasteiger partial charge in [0.05, 0.1) is 0 Å². The maximum absolute atomic E-state index is 11.8. The molecule has 0 spiro atoms. The Bertz CT molecular complexity index is 428. The van der Waals surface area contributed by atoms with Gasteiger partial charge in [-0.15, -0.1) is 9.24 Å². The molecule has 0 aliphatic heterocycles. The molecule has 1 aliphatic rings. The van der Waals surface area contributed by atoms with Gasteiger partial charge in [-0.2, -0.15) is 0 Å². The quantitative estimate of drug-likeness (QED) is 0.629. The first kappa shape index (κ1) is 15.3. The molecule has 0 saturated carbocycles. The number of rotatable bonds is 3. The van der Waals surface area contributed by atoms with Crippen LogP contribution in [0.2, 0.25) is 0 Å². The fraction of sp³-hybridized carbons (Fsp3) is 0.533. The molecule has 3 heteroatoms. The third-order valence-corrected chi connectivity index (χ3v) is 3.70. The van der Waals surface area contributed by atoms with E-state index >= 15 is 0 Å². The highest BCUT2D eigenvalue weighted by Gasteiger charge is 2.36. The maximum Gasteiger partial charge on any atom is 0.187 e. The molecule has 2 unspecified atom stereocenters. The van der Waals surface area contributed by atoms with E-state index in [9.17, 15) is 9.90 Å². The van der Waals surface area contributed by atoms with Crippen molar-refractivity contribution in [3.05, 3.63) is 34.9 Å². The molecule has 1 aliphatic carbocycles. The fourth-order valence-corrected chi connectivity index (χ4v) is 2.77. The van der Waals surface area contributed by atoms with Gasteiger partial charge in [0.25, 0.3) is 0 Å². The molecule has 2 atom stereocenters. The number of carbonyl (C=O) groups is 1. The lowest BCUT2D eigenvalue weighted by molar-refractivity contribution is -0.125. The maximum atomic E-state index is 11.8. The van der Waals surface area contributed by atoms with Crippen LogP contribution in [0.5, 0.6) is 0 Å². The second-order valence-electron chi connectivity index (χ2n) is 5.52. The summed E-state index contributed by atoms with van der Waals surface area (Å²) in [6.07, 6.45) is 6.75. The summed E-state index contributed by atoms with van der Waals surface area (Å²) in [5.74, 6) is -0.137. The first-order valence-corrected chi connectivity index (χ1v) is 7.10. The lowest BCUT2D eigenvalue weighted by atomic mass is 9.71. The summed E-state index contributed by atoms with van der Waals surface area (Å²) in [5, 5.41) is 9.74. The molecule has 0 aromatic carbocycles. The molecule has 1 N–H and O–H groups in total. The standard InChI is InChI=1S/C15H23O2P/c1-10(7-8-18)5-6-12-11(2)14(17)13(16)9-15(12,3)4/h5-7,13,16H,8-9,18H2,1-4H3/b6-5+,10-7+. The lowest BCUT2D eigenvalue weighted by Crippen LogP contribution is -2.35. The van der Waals surface area contributed by atoms with Crippen molar-refractivity contribution in [1.29, 1.82) is 0 Å². The molecule has 1 rings (SSSR count). The zero-order chi connectivity index (χ0) is 13.9. The van der Waals surface area contributed by atoms with Crippen molar-refractivity contribution in [2.45, 2.75) is 40.2 Å². The number of aliphatic hydroxyl groups excluding tert-OH is 1. The Labute approximate surface area is 112 Å². The van der Waals surface area contributed by atoms with E-state index in [4.69, 9.17) is 0 Å². The van der Waals surface area contributed by atoms with Crippen molar-refractivity contribution < 1.29 is 9.90 Å². The third kappa shape index (κ3) is 3.40. The predicted octanol–water partition coefficient (Wildman–Crippen LogP) is 3.04. The predicted molar refractivity (Wildman–Crippen MR) is 79.6 cm³/mol. The molecule has 0 aromatic heterocycles. The Morgan fingerprint density at radius 2 is 2.17 bits per heavy atom. The van der Waals surface area contributed by atoms with Gasteiger partial charge in [-0.1, -0.05) is 37.6 Å². The summed E-state index contributed by atoms with van der Waals surface area (Å²) in [7, 11) is 2.66. The van der Waals surface area contributed by atoms with Crippen LogP contribution in [0, 0.1) is 5.41 Å². The topological polar surface area (TPSA) is 37.3 Å². The first-order chi connectivity index (χ1) is 8.29. The Morgan fingerprint density at radius 3 is 2.72 bits per heavy atom. The molecular formula is C15H23O2P. The highest BCUT2D eigenvalue weighted by Crippen LogP contribution is 2.39. The Morgan fingerprint density at radius 1 is 1.56 bits per heavy atom. The van der Waals surface area contributed by atoms with Crippen molar-refractivity contribution in [3.8, 4) is 0 Å². The molecule has 0 bridgehead atoms. The SMILES string of the molecule is CC1=C(/C=C/C(C)=C/CP)C(C)(C)CC(O)C1=O. The highest BCUT2D eigenvalue weighted by atomic mass is 31.0. The molecule has 0 aromatic rings. The molecule has 0 fully saturated rings. The van der Waals surface area contributed by atoms with E-state index in [2.05, 4.69) is 29.2 Å². The van der Waals surface area contributed by atoms with Crippen molar-refractivity contribution >= 4 is 15.0 Å². The molecule has 0 amide bonds. The van der Waals surface area contributed by atoms with Crippen molar-refractivity contribution in [2.24, 2.45) is 5.41 Å². The Hall–Kier alpha value is -0.720. The molecule has 0 radical (unpaired) electrons. The minimum Gasteiger partial charge on any atom is -0.385 e. The van der Waals surface area contributed by atoms with Crippen LogP contribution in [0.4, 0.5) is 0 Å². The van der Waals surface area contributed by atoms with Gasteiger partial charge in [0, 0.05) is 0 Å². The summed E-state index contributed by atoms with van der Waals surface area (Å²) in [5.41, 5.74) is 2.75. The van der Waals surface area contributed by atoms with Crippen LogP contribution < -0.4 is 0 Å². The summed E-state index contributed by atoms with van der Waals surface area (Å²) in [6, 6.07) is 0. The highest BCUT2D eigenvalue weighted by molar-refractivity contribution is 7.16. The minimum atomic E-state index is -0.846. The molecule has 0 heterocycles. The van der Waals surface area contributed by atoms with Crippen molar-refractivity contribution in [3.63, 3.8) is 0 Å². The number of hydrogen-bond donors (Lipinski definition) is 1. The summed E-state index contributed by atoms with van der Waals surface area (Å²) < 4.78 is 0. The fourth-order valence-electron chi connectivity index (χ4n) is 2.40. The second-order valence-corrected chi connectivity index (χ2v) is 6.00. The largest absolute Gasteiger partial charge is 0.385 e. The molecule has 0 saturated heterocycles. The molecule has 100 valence electrons. The van der Waals surface area contributed by atoms with Crippen LogP contribution >= 0.6 is 9.24 Å². The van der Waals surface area contributed by atoms with Gasteiger partial charge in [0.2, 0.25) is 0 Å². The summed E-state index contributed by atoms with van der Waals surface area (Å²) in [6.45, 7) is 7.99. The van der Waals surface area contributed by atoms with E-state index < -0.39 is 6.10 Å². The van der Waals surface area contributed by atoms with Crippen LogP contribution in [0.1, 0.15) is 34.1 Å². The zero-order valence-electron chi connectivity index (χ0n) is 11.7. The van der Waals surface area contributed by atoms with Gasteiger partial charge in [-0.3, -0.25) is 4.79 Å². The normalized spacial score (nSPS) is 25.1. The van der Waals surface area contributed by atoms with E-state index in [0.717, 1.165) is 11.7 Å². The smallest absolute Gasteiger partial charge is 0.187 e. The van der Waals surface area contributed by atoms with Crippen molar-refractivity contribution in [2.75, 3.05) is 6.16 Å². The van der Waals surface area contributed by atoms with Gasteiger partial charge >= 0.3 is 0 Å². The first-order valence-electron chi connectivity index (χ1n) is 6.28. The van der Waals surface area contributed by atoms with Gasteiger partial charge in [-0.25, -0.2) is 0 Å². The monoisotopic (exact) mass is 266 g/mol. The van der Waals surface area contributed by atoms with Gasteiger partial charge in [0.1, 0.15) is 6.10 Å². The van der Waals surface area contributed by atoms with E-state index in [-0.39, 0.29) is 11.2 Å². The van der Waals surface area contributed by atoms with Crippen molar-refractivity contribution in [1.82, 2.24) is 0 Å². The molecular weight excluding hydrogens is 243 g/mol. The van der Waals surface area contributed by atoms with Gasteiger partial charge in [-0.05, 0) is 43.0 Å². The second kappa shape index (κ2) is 5.95. The van der Waals surface area contributed by atoms with Crippen LogP contribution in [-0.4, -0.2) is 23.2 Å². The lowest BCUT2D eigenvalue weighted by Gasteiger charge is -2.34. The van der Waals surface area contributed by atoms with E-state index in [1.54, 1.807) is 6.92 Å². The van der Waals surface area contributed by atoms with Crippen LogP contribution in [0.3, 0.4) is 0 Å². The average Bonchev–Trinajstić information content (AvgIpc) is 2.25. The van der Waals surface area contributed by atoms with E-state index in [1.165, 1.54) is 5.57 Å². The van der Waals surface area contributed by atoms with Crippen LogP contribution in [0.15, 0.2) is 34.9 Å². The Balaban J connectivity index is 3.11. The van der Waals surface area contributed by atoms with Crippen LogP contribution in [0.25, 0.3) is 0 Å². The number of ketones is 1. The van der Waals surface area contributed by atoms with E-state index in [1.807, 2.05) is 19.1 Å². The number of carbonyl (C=O) groups excluding carboxylic acids is 1. The Kier molecular flexibility index (Phi) is 5.07. The number of hydrogen-bond acceptors (Lipinski definition) is 2. The summed E-state index contributed by atoms with van der Waals surface area (Å²) >= 11 is 0. The number of Topliss-reactive ketones (excluding diaryl/α,β-unsaturated/α-hetero) is 1. The third-order valence-electron chi connectivity index (χ3n) is 3.46. The summed E-state index contributed by atoms with van der Waals surface area (Å²) in [4.78, 5) is 11.8. The van der Waals surface area contributed by atoms with E-state index in [0.29, 0.717) is 12.0 Å². The minimum absolute atomic E-state index is 0.137. The van der Waals surface area contributed by atoms with Gasteiger partial charge < -0.3 is 5.11 Å². The van der Waals surface area contributed by atoms with Gasteiger partial charge in [0.15, 0.2) is 5.78 Å². The molecule has 18 heavy (non-hydrogen) atoms. The number of aliphatic hydroxyl groups is 1. The molecule has 2 nitrogen and oxygen atoms in total. The zero-order valence-corrected chi connectivity index (χ0v) is 12.8. The number of allylic oxidation sites excluding steroid dienone is 5. The van der Waals surface area contributed by atoms with Crippen LogP contribution in [-0.2, 0) is 4.79 Å². The average molecular weight is 266 g/mol.